The molecule has 2 heterocycles. The molecule has 3 N–H and O–H groups in total. The van der Waals surface area contributed by atoms with Crippen LogP contribution < -0.4 is 5.73 Å². The minimum atomic E-state index is 0.296. The molecule has 0 aliphatic carbocycles. The highest BCUT2D eigenvalue weighted by Gasteiger charge is 2.20. The number of nitrogens with two attached hydrogens (primary N) is 1. The van der Waals surface area contributed by atoms with Crippen LogP contribution in [0.2, 0.25) is 0 Å². The number of aromatic nitrogens is 1. The van der Waals surface area contributed by atoms with Crippen molar-refractivity contribution >= 4 is 10.9 Å². The monoisotopic (exact) mass is 259 g/mol. The molecule has 1 aromatic heterocycles. The molecule has 1 aliphatic heterocycles. The van der Waals surface area contributed by atoms with Gasteiger partial charge in [-0.25, -0.2) is 0 Å². The number of hydrogen-bond acceptors (Lipinski definition) is 3. The minimum absolute atomic E-state index is 0.296. The van der Waals surface area contributed by atoms with E-state index in [1.54, 1.807) is 0 Å². The van der Waals surface area contributed by atoms with Crippen LogP contribution in [0.4, 0.5) is 0 Å². The summed E-state index contributed by atoms with van der Waals surface area (Å²) in [5, 5.41) is 1.32. The molecule has 4 heteroatoms. The Balaban J connectivity index is 1.72. The van der Waals surface area contributed by atoms with E-state index in [2.05, 4.69) is 34.1 Å². The van der Waals surface area contributed by atoms with Gasteiger partial charge in [-0.1, -0.05) is 12.1 Å². The Morgan fingerprint density at radius 2 is 2.32 bits per heavy atom. The average molecular weight is 259 g/mol. The highest BCUT2D eigenvalue weighted by molar-refractivity contribution is 5.82. The molecule has 0 amide bonds. The van der Waals surface area contributed by atoms with Crippen molar-refractivity contribution in [3.8, 4) is 0 Å². The van der Waals surface area contributed by atoms with E-state index < -0.39 is 0 Å². The Kier molecular flexibility index (Phi) is 3.82. The zero-order valence-electron chi connectivity index (χ0n) is 11.1. The van der Waals surface area contributed by atoms with Gasteiger partial charge in [0.2, 0.25) is 0 Å². The maximum atomic E-state index is 5.73. The van der Waals surface area contributed by atoms with E-state index in [1.165, 1.54) is 16.5 Å². The molecule has 3 rings (SSSR count). The van der Waals surface area contributed by atoms with Crippen molar-refractivity contribution in [1.29, 1.82) is 0 Å². The van der Waals surface area contributed by atoms with Crippen molar-refractivity contribution in [2.75, 3.05) is 26.2 Å². The molecule has 1 atom stereocenters. The fourth-order valence-electron chi connectivity index (χ4n) is 2.81. The number of ether oxygens (including phenoxy) is 1. The van der Waals surface area contributed by atoms with Gasteiger partial charge in [-0.2, -0.15) is 0 Å². The number of benzene rings is 1. The van der Waals surface area contributed by atoms with Crippen LogP contribution in [0.3, 0.4) is 0 Å². The normalized spacial score (nSPS) is 21.0. The maximum Gasteiger partial charge on any atom is 0.0714 e. The fraction of sp³-hybridized carbons (Fsp3) is 0.467. The molecule has 2 aromatic rings. The first-order valence-corrected chi connectivity index (χ1v) is 6.96. The summed E-state index contributed by atoms with van der Waals surface area (Å²) < 4.78 is 5.73. The molecule has 0 radical (unpaired) electrons. The van der Waals surface area contributed by atoms with Crippen LogP contribution in [0.15, 0.2) is 30.5 Å². The van der Waals surface area contributed by atoms with E-state index in [-0.39, 0.29) is 0 Å². The Labute approximate surface area is 113 Å². The van der Waals surface area contributed by atoms with Crippen LogP contribution >= 0.6 is 0 Å². The molecule has 19 heavy (non-hydrogen) atoms. The van der Waals surface area contributed by atoms with Crippen LogP contribution in [0, 0.1) is 0 Å². The van der Waals surface area contributed by atoms with Crippen molar-refractivity contribution in [2.45, 2.75) is 19.1 Å². The summed E-state index contributed by atoms with van der Waals surface area (Å²) in [7, 11) is 0. The Hall–Kier alpha value is -1.36. The number of rotatable bonds is 4. The summed E-state index contributed by atoms with van der Waals surface area (Å²) in [4.78, 5) is 5.73. The second-order valence-electron chi connectivity index (χ2n) is 5.16. The largest absolute Gasteiger partial charge is 0.376 e. The lowest BCUT2D eigenvalue weighted by Gasteiger charge is -2.33. The lowest BCUT2D eigenvalue weighted by atomic mass is 10.1. The molecule has 1 saturated heterocycles. The lowest BCUT2D eigenvalue weighted by molar-refractivity contribution is -0.0334. The first kappa shape index (κ1) is 12.7. The molecular weight excluding hydrogens is 238 g/mol. The SMILES string of the molecule is NCC[C@H]1CN(Cc2cccc3[nH]ccc23)CCO1. The van der Waals surface area contributed by atoms with Gasteiger partial charge in [0, 0.05) is 36.7 Å². The third-order valence-corrected chi connectivity index (χ3v) is 3.79. The van der Waals surface area contributed by atoms with Gasteiger partial charge in [0.25, 0.3) is 0 Å². The highest BCUT2D eigenvalue weighted by atomic mass is 16.5. The van der Waals surface area contributed by atoms with E-state index >= 15 is 0 Å². The highest BCUT2D eigenvalue weighted by Crippen LogP contribution is 2.20. The standard InChI is InChI=1S/C15H21N3O/c16-6-4-13-11-18(8-9-19-13)10-12-2-1-3-15-14(12)5-7-17-15/h1-3,5,7,13,17H,4,6,8-11,16H2/t13-/m0/s1. The summed E-state index contributed by atoms with van der Waals surface area (Å²) in [5.41, 5.74) is 8.21. The van der Waals surface area contributed by atoms with E-state index in [4.69, 9.17) is 10.5 Å². The topological polar surface area (TPSA) is 54.3 Å². The number of hydrogen-bond donors (Lipinski definition) is 2. The number of nitrogens with zero attached hydrogens (tertiary/aromatic N) is 1. The van der Waals surface area contributed by atoms with E-state index in [9.17, 15) is 0 Å². The molecule has 0 saturated carbocycles. The summed E-state index contributed by atoms with van der Waals surface area (Å²) in [5.74, 6) is 0. The van der Waals surface area contributed by atoms with E-state index in [1.807, 2.05) is 6.20 Å². The van der Waals surface area contributed by atoms with Crippen molar-refractivity contribution in [2.24, 2.45) is 5.73 Å². The third kappa shape index (κ3) is 2.81. The van der Waals surface area contributed by atoms with Gasteiger partial charge in [0.15, 0.2) is 0 Å². The van der Waals surface area contributed by atoms with Crippen LogP contribution in [0.25, 0.3) is 10.9 Å². The summed E-state index contributed by atoms with van der Waals surface area (Å²) in [6.45, 7) is 4.49. The second-order valence-corrected chi connectivity index (χ2v) is 5.16. The zero-order chi connectivity index (χ0) is 13.1. The first-order valence-electron chi connectivity index (χ1n) is 6.96. The quantitative estimate of drug-likeness (QED) is 0.879. The molecule has 0 unspecified atom stereocenters. The fourth-order valence-corrected chi connectivity index (χ4v) is 2.81. The van der Waals surface area contributed by atoms with Gasteiger partial charge in [0.05, 0.1) is 12.7 Å². The van der Waals surface area contributed by atoms with Gasteiger partial charge < -0.3 is 15.5 Å². The van der Waals surface area contributed by atoms with Crippen molar-refractivity contribution in [1.82, 2.24) is 9.88 Å². The Morgan fingerprint density at radius 3 is 3.21 bits per heavy atom. The predicted octanol–water partition coefficient (Wildman–Crippen LogP) is 1.72. The van der Waals surface area contributed by atoms with Gasteiger partial charge in [-0.15, -0.1) is 0 Å². The molecule has 1 aromatic carbocycles. The van der Waals surface area contributed by atoms with Crippen LogP contribution in [-0.4, -0.2) is 42.2 Å². The van der Waals surface area contributed by atoms with Crippen LogP contribution in [0.5, 0.6) is 0 Å². The average Bonchev–Trinajstić information content (AvgIpc) is 2.89. The molecule has 102 valence electrons. The van der Waals surface area contributed by atoms with Crippen LogP contribution in [0.1, 0.15) is 12.0 Å². The number of H-pyrrole nitrogens is 1. The molecule has 1 fully saturated rings. The first-order chi connectivity index (χ1) is 9.36. The third-order valence-electron chi connectivity index (χ3n) is 3.79. The smallest absolute Gasteiger partial charge is 0.0714 e. The van der Waals surface area contributed by atoms with Crippen LogP contribution in [-0.2, 0) is 11.3 Å². The molecule has 0 bridgehead atoms. The second kappa shape index (κ2) is 5.74. The van der Waals surface area contributed by atoms with E-state index in [0.717, 1.165) is 32.7 Å². The number of nitrogens with one attached hydrogen (secondary N) is 1. The lowest BCUT2D eigenvalue weighted by Crippen LogP contribution is -2.42. The van der Waals surface area contributed by atoms with Gasteiger partial charge in [-0.05, 0) is 30.7 Å². The number of fused-ring (bicyclic) bond motifs is 1. The summed E-state index contributed by atoms with van der Waals surface area (Å²) in [6, 6.07) is 8.60. The van der Waals surface area contributed by atoms with Crippen molar-refractivity contribution < 1.29 is 4.74 Å². The molecular formula is C15H21N3O. The Bertz CT molecular complexity index is 535. The number of aromatic amines is 1. The van der Waals surface area contributed by atoms with Gasteiger partial charge in [0.1, 0.15) is 0 Å². The predicted molar refractivity (Wildman–Crippen MR) is 77.0 cm³/mol. The van der Waals surface area contributed by atoms with Crippen molar-refractivity contribution in [3.05, 3.63) is 36.0 Å². The molecule has 1 aliphatic rings. The minimum Gasteiger partial charge on any atom is -0.376 e. The van der Waals surface area contributed by atoms with Gasteiger partial charge in [-0.3, -0.25) is 4.90 Å². The van der Waals surface area contributed by atoms with Gasteiger partial charge >= 0.3 is 0 Å². The van der Waals surface area contributed by atoms with Crippen molar-refractivity contribution in [3.63, 3.8) is 0 Å². The number of morpholine rings is 1. The van der Waals surface area contributed by atoms with E-state index in [0.29, 0.717) is 12.6 Å². The zero-order valence-corrected chi connectivity index (χ0v) is 11.1. The molecule has 4 nitrogen and oxygen atoms in total. The Morgan fingerprint density at radius 1 is 1.37 bits per heavy atom. The summed E-state index contributed by atoms with van der Waals surface area (Å²) in [6.07, 6.45) is 3.25. The molecule has 0 spiro atoms. The summed E-state index contributed by atoms with van der Waals surface area (Å²) >= 11 is 0. The maximum absolute atomic E-state index is 5.73.